The van der Waals surface area contributed by atoms with Crippen LogP contribution in [0.4, 0.5) is 5.69 Å². The molecular weight excluding hydrogens is 214 g/mol. The average Bonchev–Trinajstić information content (AvgIpc) is 2.40. The van der Waals surface area contributed by atoms with Gasteiger partial charge in [0, 0.05) is 18.8 Å². The molecule has 1 aromatic carbocycles. The van der Waals surface area contributed by atoms with E-state index in [2.05, 4.69) is 21.8 Å². The van der Waals surface area contributed by atoms with Gasteiger partial charge < -0.3 is 9.64 Å². The van der Waals surface area contributed by atoms with Gasteiger partial charge in [-0.2, -0.15) is 0 Å². The van der Waals surface area contributed by atoms with Crippen molar-refractivity contribution < 1.29 is 9.53 Å². The van der Waals surface area contributed by atoms with E-state index in [1.807, 2.05) is 12.1 Å². The molecule has 0 bridgehead atoms. The highest BCUT2D eigenvalue weighted by molar-refractivity contribution is 5.73. The lowest BCUT2D eigenvalue weighted by molar-refractivity contribution is -0.139. The van der Waals surface area contributed by atoms with E-state index in [0.29, 0.717) is 6.42 Å². The molecule has 2 rings (SSSR count). The number of nitrogens with zero attached hydrogens (tertiary/aromatic N) is 1. The topological polar surface area (TPSA) is 29.5 Å². The molecule has 0 atom stereocenters. The molecule has 1 heterocycles. The summed E-state index contributed by atoms with van der Waals surface area (Å²) < 4.78 is 4.69. The molecule has 1 aliphatic heterocycles. The van der Waals surface area contributed by atoms with Gasteiger partial charge in [0.2, 0.25) is 0 Å². The Balaban J connectivity index is 2.07. The van der Waals surface area contributed by atoms with Crippen LogP contribution < -0.4 is 4.90 Å². The van der Waals surface area contributed by atoms with Crippen molar-refractivity contribution in [2.24, 2.45) is 0 Å². The van der Waals surface area contributed by atoms with Crippen LogP contribution in [-0.2, 0) is 16.0 Å². The lowest BCUT2D eigenvalue weighted by Gasteiger charge is -2.29. The summed E-state index contributed by atoms with van der Waals surface area (Å²) in [6, 6.07) is 8.21. The molecular formula is C14H19NO2. The standard InChI is InChI=1S/C14H19NO2/c1-17-14(16)11-12-6-5-7-13(10-12)15-8-3-2-4-9-15/h5-7,10H,2-4,8-9,11H2,1H3. The molecule has 0 N–H and O–H groups in total. The van der Waals surface area contributed by atoms with Crippen LogP contribution in [0.1, 0.15) is 24.8 Å². The van der Waals surface area contributed by atoms with Crippen LogP contribution in [0.25, 0.3) is 0 Å². The Morgan fingerprint density at radius 3 is 2.76 bits per heavy atom. The molecule has 1 aromatic rings. The number of carbonyl (C=O) groups excluding carboxylic acids is 1. The van der Waals surface area contributed by atoms with Crippen LogP contribution in [0.15, 0.2) is 24.3 Å². The maximum Gasteiger partial charge on any atom is 0.309 e. The van der Waals surface area contributed by atoms with Crippen LogP contribution >= 0.6 is 0 Å². The molecule has 0 saturated carbocycles. The van der Waals surface area contributed by atoms with E-state index >= 15 is 0 Å². The average molecular weight is 233 g/mol. The first-order valence-electron chi connectivity index (χ1n) is 6.20. The molecule has 0 aliphatic carbocycles. The van der Waals surface area contributed by atoms with E-state index in [-0.39, 0.29) is 5.97 Å². The van der Waals surface area contributed by atoms with Crippen molar-refractivity contribution in [1.29, 1.82) is 0 Å². The van der Waals surface area contributed by atoms with Crippen molar-refractivity contribution in [2.45, 2.75) is 25.7 Å². The highest BCUT2D eigenvalue weighted by Crippen LogP contribution is 2.21. The quantitative estimate of drug-likeness (QED) is 0.751. The molecule has 0 unspecified atom stereocenters. The number of carbonyl (C=O) groups is 1. The summed E-state index contributed by atoms with van der Waals surface area (Å²) in [6.07, 6.45) is 4.22. The van der Waals surface area contributed by atoms with Gasteiger partial charge in [0.1, 0.15) is 0 Å². The van der Waals surface area contributed by atoms with Crippen molar-refractivity contribution >= 4 is 11.7 Å². The van der Waals surface area contributed by atoms with E-state index in [1.165, 1.54) is 32.1 Å². The lowest BCUT2D eigenvalue weighted by atomic mass is 10.1. The molecule has 0 aromatic heterocycles. The Morgan fingerprint density at radius 2 is 2.06 bits per heavy atom. The van der Waals surface area contributed by atoms with Crippen LogP contribution in [0.5, 0.6) is 0 Å². The summed E-state index contributed by atoms with van der Waals surface area (Å²) in [7, 11) is 1.43. The van der Waals surface area contributed by atoms with Gasteiger partial charge in [-0.25, -0.2) is 0 Å². The van der Waals surface area contributed by atoms with Crippen molar-refractivity contribution in [3.63, 3.8) is 0 Å². The van der Waals surface area contributed by atoms with Crippen LogP contribution in [0.3, 0.4) is 0 Å². The number of piperidine rings is 1. The summed E-state index contributed by atoms with van der Waals surface area (Å²) in [5.41, 5.74) is 2.26. The van der Waals surface area contributed by atoms with Gasteiger partial charge in [-0.05, 0) is 37.0 Å². The normalized spacial score (nSPS) is 15.7. The van der Waals surface area contributed by atoms with Crippen molar-refractivity contribution in [3.05, 3.63) is 29.8 Å². The molecule has 92 valence electrons. The molecule has 1 saturated heterocycles. The molecule has 0 amide bonds. The van der Waals surface area contributed by atoms with Crippen LogP contribution in [0, 0.1) is 0 Å². The fraction of sp³-hybridized carbons (Fsp3) is 0.500. The Labute approximate surface area is 102 Å². The van der Waals surface area contributed by atoms with Gasteiger partial charge in [-0.3, -0.25) is 4.79 Å². The van der Waals surface area contributed by atoms with Crippen molar-refractivity contribution in [2.75, 3.05) is 25.1 Å². The number of rotatable bonds is 3. The predicted octanol–water partition coefficient (Wildman–Crippen LogP) is 2.39. The summed E-state index contributed by atoms with van der Waals surface area (Å²) in [5.74, 6) is -0.180. The van der Waals surface area contributed by atoms with Gasteiger partial charge in [0.05, 0.1) is 13.5 Å². The Hall–Kier alpha value is -1.51. The highest BCUT2D eigenvalue weighted by atomic mass is 16.5. The molecule has 1 fully saturated rings. The molecule has 17 heavy (non-hydrogen) atoms. The minimum atomic E-state index is -0.180. The molecule has 3 nitrogen and oxygen atoms in total. The van der Waals surface area contributed by atoms with E-state index in [1.54, 1.807) is 0 Å². The van der Waals surface area contributed by atoms with Crippen LogP contribution in [-0.4, -0.2) is 26.2 Å². The maximum absolute atomic E-state index is 11.2. The lowest BCUT2D eigenvalue weighted by Crippen LogP contribution is -2.29. The summed E-state index contributed by atoms with van der Waals surface area (Å²) in [4.78, 5) is 13.6. The number of hydrogen-bond acceptors (Lipinski definition) is 3. The van der Waals surface area contributed by atoms with Gasteiger partial charge in [0.15, 0.2) is 0 Å². The van der Waals surface area contributed by atoms with Gasteiger partial charge in [0.25, 0.3) is 0 Å². The minimum absolute atomic E-state index is 0.180. The van der Waals surface area contributed by atoms with Gasteiger partial charge >= 0.3 is 5.97 Å². The van der Waals surface area contributed by atoms with Crippen molar-refractivity contribution in [3.8, 4) is 0 Å². The third-order valence-corrected chi connectivity index (χ3v) is 3.21. The second-order valence-corrected chi connectivity index (χ2v) is 4.47. The molecule has 3 heteroatoms. The maximum atomic E-state index is 11.2. The van der Waals surface area contributed by atoms with E-state index < -0.39 is 0 Å². The fourth-order valence-corrected chi connectivity index (χ4v) is 2.25. The number of anilines is 1. The number of methoxy groups -OCH3 is 1. The molecule has 0 radical (unpaired) electrons. The van der Waals surface area contributed by atoms with Crippen molar-refractivity contribution in [1.82, 2.24) is 0 Å². The number of ether oxygens (including phenoxy) is 1. The third kappa shape index (κ3) is 3.22. The Morgan fingerprint density at radius 1 is 1.29 bits per heavy atom. The minimum Gasteiger partial charge on any atom is -0.469 e. The summed E-state index contributed by atoms with van der Waals surface area (Å²) in [5, 5.41) is 0. The van der Waals surface area contributed by atoms with Crippen LogP contribution in [0.2, 0.25) is 0 Å². The highest BCUT2D eigenvalue weighted by Gasteiger charge is 2.11. The van der Waals surface area contributed by atoms with Gasteiger partial charge in [-0.15, -0.1) is 0 Å². The zero-order chi connectivity index (χ0) is 12.1. The first-order valence-corrected chi connectivity index (χ1v) is 6.20. The van der Waals surface area contributed by atoms with E-state index in [0.717, 1.165) is 18.7 Å². The smallest absolute Gasteiger partial charge is 0.309 e. The molecule has 1 aliphatic rings. The van der Waals surface area contributed by atoms with E-state index in [4.69, 9.17) is 0 Å². The monoisotopic (exact) mass is 233 g/mol. The largest absolute Gasteiger partial charge is 0.469 e. The zero-order valence-electron chi connectivity index (χ0n) is 10.3. The third-order valence-electron chi connectivity index (χ3n) is 3.21. The first-order chi connectivity index (χ1) is 8.29. The number of esters is 1. The fourth-order valence-electron chi connectivity index (χ4n) is 2.25. The Kier molecular flexibility index (Phi) is 4.02. The molecule has 0 spiro atoms. The predicted molar refractivity (Wildman–Crippen MR) is 68.2 cm³/mol. The van der Waals surface area contributed by atoms with Gasteiger partial charge in [-0.1, -0.05) is 12.1 Å². The number of hydrogen-bond donors (Lipinski definition) is 0. The van der Waals surface area contributed by atoms with E-state index in [9.17, 15) is 4.79 Å². The summed E-state index contributed by atoms with van der Waals surface area (Å²) in [6.45, 7) is 2.25. The second-order valence-electron chi connectivity index (χ2n) is 4.47. The summed E-state index contributed by atoms with van der Waals surface area (Å²) >= 11 is 0. The SMILES string of the molecule is COC(=O)Cc1cccc(N2CCCCC2)c1. The zero-order valence-corrected chi connectivity index (χ0v) is 10.3. The number of benzene rings is 1. The Bertz CT molecular complexity index is 384. The second kappa shape index (κ2) is 5.71. The first kappa shape index (κ1) is 12.0.